The van der Waals surface area contributed by atoms with E-state index in [1.54, 1.807) is 0 Å². The van der Waals surface area contributed by atoms with Crippen molar-refractivity contribution in [3.63, 3.8) is 0 Å². The minimum atomic E-state index is -1.17. The smallest absolute Gasteiger partial charge is 0.431 e. The number of hydrogen-bond donors (Lipinski definition) is 2. The predicted octanol–water partition coefficient (Wildman–Crippen LogP) is 2.48. The van der Waals surface area contributed by atoms with E-state index in [-0.39, 0.29) is 6.61 Å². The van der Waals surface area contributed by atoms with Crippen molar-refractivity contribution < 1.29 is 24.2 Å². The molecule has 132 valence electrons. The summed E-state index contributed by atoms with van der Waals surface area (Å²) in [4.78, 5) is 16.4. The highest BCUT2D eigenvalue weighted by molar-refractivity contribution is 9.10. The van der Waals surface area contributed by atoms with Gasteiger partial charge in [0.05, 0.1) is 18.8 Å². The number of ether oxygens (including phenoxy) is 2. The molecule has 2 aliphatic heterocycles. The Morgan fingerprint density at radius 3 is 3.00 bits per heavy atom. The molecular weight excluding hydrogens is 380 g/mol. The number of rotatable bonds is 3. The lowest BCUT2D eigenvalue weighted by atomic mass is 9.75. The van der Waals surface area contributed by atoms with Gasteiger partial charge in [-0.25, -0.2) is 4.79 Å². The summed E-state index contributed by atoms with van der Waals surface area (Å²) >= 11 is 3.45. The lowest BCUT2D eigenvalue weighted by Gasteiger charge is -2.48. The van der Waals surface area contributed by atoms with E-state index < -0.39 is 17.2 Å². The van der Waals surface area contributed by atoms with Crippen molar-refractivity contribution in [2.45, 2.75) is 30.4 Å². The van der Waals surface area contributed by atoms with Crippen LogP contribution in [-0.2, 0) is 15.1 Å². The van der Waals surface area contributed by atoms with Crippen LogP contribution in [0.25, 0.3) is 0 Å². The van der Waals surface area contributed by atoms with Crippen LogP contribution < -0.4 is 10.5 Å². The Labute approximate surface area is 148 Å². The fourth-order valence-electron chi connectivity index (χ4n) is 3.36. The molecule has 7 nitrogen and oxygen atoms in total. The van der Waals surface area contributed by atoms with Gasteiger partial charge in [-0.3, -0.25) is 4.84 Å². The lowest BCUT2D eigenvalue weighted by Crippen LogP contribution is -2.58. The van der Waals surface area contributed by atoms with E-state index in [2.05, 4.69) is 15.9 Å². The van der Waals surface area contributed by atoms with E-state index in [4.69, 9.17) is 25.2 Å². The summed E-state index contributed by atoms with van der Waals surface area (Å²) in [6.07, 6.45) is 1.07. The Kier molecular flexibility index (Phi) is 4.74. The quantitative estimate of drug-likeness (QED) is 0.756. The average molecular weight is 401 g/mol. The highest BCUT2D eigenvalue weighted by atomic mass is 79.9. The molecule has 2 atom stereocenters. The van der Waals surface area contributed by atoms with Crippen molar-refractivity contribution in [2.24, 2.45) is 5.73 Å². The Morgan fingerprint density at radius 1 is 1.54 bits per heavy atom. The summed E-state index contributed by atoms with van der Waals surface area (Å²) in [5.74, 6) is 0.694. The van der Waals surface area contributed by atoms with E-state index in [9.17, 15) is 4.79 Å². The first-order valence-corrected chi connectivity index (χ1v) is 8.58. The number of amides is 1. The molecule has 3 N–H and O–H groups in total. The summed E-state index contributed by atoms with van der Waals surface area (Å²) in [5, 5.41) is 9.75. The second-order valence-corrected chi connectivity index (χ2v) is 7.38. The molecule has 1 saturated heterocycles. The first-order valence-electron chi connectivity index (χ1n) is 7.79. The van der Waals surface area contributed by atoms with Gasteiger partial charge in [-0.1, -0.05) is 15.9 Å². The summed E-state index contributed by atoms with van der Waals surface area (Å²) in [5.41, 5.74) is 6.12. The molecule has 0 bridgehead atoms. The molecule has 24 heavy (non-hydrogen) atoms. The van der Waals surface area contributed by atoms with E-state index in [1.165, 1.54) is 7.05 Å². The van der Waals surface area contributed by atoms with Crippen LogP contribution in [0.4, 0.5) is 4.79 Å². The maximum Gasteiger partial charge on any atom is 0.431 e. The van der Waals surface area contributed by atoms with Gasteiger partial charge < -0.3 is 20.3 Å². The molecule has 2 aliphatic rings. The van der Waals surface area contributed by atoms with Gasteiger partial charge in [-0.15, -0.1) is 0 Å². The van der Waals surface area contributed by atoms with E-state index in [1.807, 2.05) is 18.2 Å². The number of carboxylic acid groups (broad SMARTS) is 1. The standard InChI is InChI=1S/C16H21BrN2O5/c1-19(14(20)21)23-10-16(18)8-15(5-2-6-22-9-15)24-13-4-3-11(17)7-12(13)16/h3-4,7H,2,5-6,8-10,18H2,1H3,(H,20,21). The Balaban J connectivity index is 1.92. The van der Waals surface area contributed by atoms with E-state index in [0.29, 0.717) is 25.4 Å². The lowest BCUT2D eigenvalue weighted by molar-refractivity contribution is -0.151. The van der Waals surface area contributed by atoms with Gasteiger partial charge in [0.15, 0.2) is 0 Å². The zero-order chi connectivity index (χ0) is 17.4. The van der Waals surface area contributed by atoms with Crippen LogP contribution in [0.1, 0.15) is 24.8 Å². The van der Waals surface area contributed by atoms with Crippen molar-refractivity contribution in [1.82, 2.24) is 5.06 Å². The number of fused-ring (bicyclic) bond motifs is 1. The molecule has 3 rings (SSSR count). The average Bonchev–Trinajstić information content (AvgIpc) is 2.54. The molecule has 8 heteroatoms. The van der Waals surface area contributed by atoms with Gasteiger partial charge in [0.25, 0.3) is 0 Å². The van der Waals surface area contributed by atoms with Gasteiger partial charge in [0, 0.05) is 30.1 Å². The van der Waals surface area contributed by atoms with Gasteiger partial charge in [-0.05, 0) is 31.0 Å². The molecule has 2 heterocycles. The summed E-state index contributed by atoms with van der Waals surface area (Å²) in [6, 6.07) is 5.67. The van der Waals surface area contributed by atoms with Crippen LogP contribution in [0, 0.1) is 0 Å². The van der Waals surface area contributed by atoms with Crippen molar-refractivity contribution in [1.29, 1.82) is 0 Å². The molecule has 1 fully saturated rings. The highest BCUT2D eigenvalue weighted by Crippen LogP contribution is 2.46. The summed E-state index contributed by atoms with van der Waals surface area (Å²) in [6.45, 7) is 1.22. The number of nitrogens with two attached hydrogens (primary N) is 1. The zero-order valence-corrected chi connectivity index (χ0v) is 15.0. The molecule has 0 aromatic heterocycles. The van der Waals surface area contributed by atoms with Crippen LogP contribution in [0.5, 0.6) is 5.75 Å². The Bertz CT molecular complexity index is 635. The molecule has 1 aromatic rings. The minimum Gasteiger partial charge on any atom is -0.484 e. The third-order valence-electron chi connectivity index (χ3n) is 4.51. The number of carbonyl (C=O) groups is 1. The first-order chi connectivity index (χ1) is 11.3. The molecule has 2 unspecified atom stereocenters. The Hall–Kier alpha value is -1.35. The summed E-state index contributed by atoms with van der Waals surface area (Å²) < 4.78 is 12.8. The second-order valence-electron chi connectivity index (χ2n) is 6.47. The number of nitrogens with zero attached hydrogens (tertiary/aromatic N) is 1. The molecule has 1 amide bonds. The minimum absolute atomic E-state index is 0.0321. The fraction of sp³-hybridized carbons (Fsp3) is 0.562. The zero-order valence-electron chi connectivity index (χ0n) is 13.5. The van der Waals surface area contributed by atoms with Crippen molar-refractivity contribution in [3.05, 3.63) is 28.2 Å². The van der Waals surface area contributed by atoms with Gasteiger partial charge in [0.1, 0.15) is 11.4 Å². The first kappa shape index (κ1) is 17.5. The molecule has 0 aliphatic carbocycles. The van der Waals surface area contributed by atoms with Crippen LogP contribution in [-0.4, -0.2) is 48.7 Å². The van der Waals surface area contributed by atoms with Crippen molar-refractivity contribution in [3.8, 4) is 5.75 Å². The SMILES string of the molecule is CN(OCC1(N)CC2(CCCOC2)Oc2ccc(Br)cc21)C(=O)O. The maximum absolute atomic E-state index is 11.0. The van der Waals surface area contributed by atoms with Crippen LogP contribution in [0.2, 0.25) is 0 Å². The maximum atomic E-state index is 11.0. The van der Waals surface area contributed by atoms with E-state index in [0.717, 1.165) is 27.9 Å². The third kappa shape index (κ3) is 3.37. The second kappa shape index (κ2) is 6.51. The molecular formula is C16H21BrN2O5. The van der Waals surface area contributed by atoms with Gasteiger partial charge >= 0.3 is 6.09 Å². The van der Waals surface area contributed by atoms with Crippen molar-refractivity contribution >= 4 is 22.0 Å². The topological polar surface area (TPSA) is 94.3 Å². The van der Waals surface area contributed by atoms with Crippen LogP contribution in [0.3, 0.4) is 0 Å². The number of hydroxylamine groups is 2. The number of halogens is 1. The van der Waals surface area contributed by atoms with Crippen LogP contribution >= 0.6 is 15.9 Å². The fourth-order valence-corrected chi connectivity index (χ4v) is 3.72. The molecule has 1 aromatic carbocycles. The third-order valence-corrected chi connectivity index (χ3v) is 5.01. The van der Waals surface area contributed by atoms with Crippen LogP contribution in [0.15, 0.2) is 22.7 Å². The highest BCUT2D eigenvalue weighted by Gasteiger charge is 2.49. The molecule has 1 spiro atoms. The predicted molar refractivity (Wildman–Crippen MR) is 89.8 cm³/mol. The largest absolute Gasteiger partial charge is 0.484 e. The normalized spacial score (nSPS) is 29.0. The van der Waals surface area contributed by atoms with Gasteiger partial charge in [-0.2, -0.15) is 5.06 Å². The molecule has 0 radical (unpaired) electrons. The monoisotopic (exact) mass is 400 g/mol. The van der Waals surface area contributed by atoms with Gasteiger partial charge in [0.2, 0.25) is 0 Å². The van der Waals surface area contributed by atoms with E-state index >= 15 is 0 Å². The number of benzene rings is 1. The Morgan fingerprint density at radius 2 is 2.33 bits per heavy atom. The number of hydrogen-bond acceptors (Lipinski definition) is 5. The molecule has 0 saturated carbocycles. The summed E-state index contributed by atoms with van der Waals surface area (Å²) in [7, 11) is 1.34. The van der Waals surface area contributed by atoms with Crippen molar-refractivity contribution in [2.75, 3.05) is 26.9 Å².